The summed E-state index contributed by atoms with van der Waals surface area (Å²) >= 11 is 0. The number of furan rings is 1. The molecule has 1 unspecified atom stereocenters. The molecule has 1 aromatic heterocycles. The van der Waals surface area contributed by atoms with Crippen molar-refractivity contribution >= 4 is 12.0 Å². The van der Waals surface area contributed by atoms with Crippen LogP contribution in [0, 0.1) is 12.3 Å². The second kappa shape index (κ2) is 8.15. The van der Waals surface area contributed by atoms with Crippen LogP contribution in [0.5, 0.6) is 0 Å². The smallest absolute Gasteiger partial charge is 0.317 e. The van der Waals surface area contributed by atoms with Crippen molar-refractivity contribution in [2.45, 2.75) is 65.5 Å². The van der Waals surface area contributed by atoms with Gasteiger partial charge >= 0.3 is 12.0 Å². The van der Waals surface area contributed by atoms with Crippen molar-refractivity contribution in [1.29, 1.82) is 0 Å². The molecule has 2 amide bonds. The Bertz CT molecular complexity index is 719. The molecule has 7 heteroatoms. The molecular formula is C21H33N3O4. The molecule has 28 heavy (non-hydrogen) atoms. The number of likely N-dealkylation sites (tertiary alicyclic amines) is 1. The van der Waals surface area contributed by atoms with Gasteiger partial charge in [0.05, 0.1) is 12.6 Å². The fourth-order valence-electron chi connectivity index (χ4n) is 4.66. The fourth-order valence-corrected chi connectivity index (χ4v) is 4.66. The van der Waals surface area contributed by atoms with Crippen LogP contribution in [0.3, 0.4) is 0 Å². The molecule has 0 spiro atoms. The number of carboxylic acid groups (broad SMARTS) is 1. The molecule has 2 N–H and O–H groups in total. The van der Waals surface area contributed by atoms with E-state index in [0.717, 1.165) is 42.8 Å². The summed E-state index contributed by atoms with van der Waals surface area (Å²) in [6.45, 7) is 10.4. The minimum atomic E-state index is -0.798. The van der Waals surface area contributed by atoms with E-state index in [4.69, 9.17) is 9.52 Å². The van der Waals surface area contributed by atoms with Crippen molar-refractivity contribution in [3.8, 4) is 0 Å². The summed E-state index contributed by atoms with van der Waals surface area (Å²) in [4.78, 5) is 27.8. The lowest BCUT2D eigenvalue weighted by Crippen LogP contribution is -2.51. The van der Waals surface area contributed by atoms with Crippen LogP contribution in [0.4, 0.5) is 4.79 Å². The number of hydrogen-bond donors (Lipinski definition) is 2. The monoisotopic (exact) mass is 391 g/mol. The highest BCUT2D eigenvalue weighted by atomic mass is 16.4. The maximum atomic E-state index is 12.9. The second-order valence-corrected chi connectivity index (χ2v) is 8.96. The highest BCUT2D eigenvalue weighted by Crippen LogP contribution is 2.42. The summed E-state index contributed by atoms with van der Waals surface area (Å²) in [6, 6.07) is 2.21. The number of carbonyl (C=O) groups is 2. The lowest BCUT2D eigenvalue weighted by atomic mass is 9.75. The van der Waals surface area contributed by atoms with Gasteiger partial charge < -0.3 is 19.7 Å². The Morgan fingerprint density at radius 2 is 2.04 bits per heavy atom. The normalized spacial score (nSPS) is 22.2. The first-order chi connectivity index (χ1) is 13.2. The Morgan fingerprint density at radius 1 is 1.36 bits per heavy atom. The number of aliphatic carboxylic acids is 1. The Balaban J connectivity index is 1.60. The van der Waals surface area contributed by atoms with E-state index in [2.05, 4.69) is 19.2 Å². The van der Waals surface area contributed by atoms with Gasteiger partial charge in [-0.25, -0.2) is 4.79 Å². The average Bonchev–Trinajstić information content (AvgIpc) is 2.98. The zero-order chi connectivity index (χ0) is 20.5. The number of hydrogen-bond acceptors (Lipinski definition) is 4. The number of carboxylic acids is 1. The van der Waals surface area contributed by atoms with E-state index < -0.39 is 5.97 Å². The molecule has 0 radical (unpaired) electrons. The average molecular weight is 392 g/mol. The van der Waals surface area contributed by atoms with Crippen molar-refractivity contribution in [1.82, 2.24) is 15.1 Å². The second-order valence-electron chi connectivity index (χ2n) is 8.96. The first-order valence-electron chi connectivity index (χ1n) is 10.3. The molecule has 0 bridgehead atoms. The third kappa shape index (κ3) is 4.69. The zero-order valence-electron chi connectivity index (χ0n) is 17.5. The van der Waals surface area contributed by atoms with Crippen molar-refractivity contribution in [2.75, 3.05) is 26.2 Å². The quantitative estimate of drug-likeness (QED) is 0.805. The molecule has 1 atom stereocenters. The molecule has 2 heterocycles. The summed E-state index contributed by atoms with van der Waals surface area (Å²) < 4.78 is 5.86. The highest BCUT2D eigenvalue weighted by molar-refractivity contribution is 5.75. The van der Waals surface area contributed by atoms with Gasteiger partial charge in [-0.05, 0) is 44.2 Å². The lowest BCUT2D eigenvalue weighted by Gasteiger charge is -2.39. The number of urea groups is 1. The van der Waals surface area contributed by atoms with Crippen LogP contribution < -0.4 is 5.32 Å². The first kappa shape index (κ1) is 20.7. The van der Waals surface area contributed by atoms with E-state index in [0.29, 0.717) is 19.6 Å². The molecule has 2 aliphatic rings. The van der Waals surface area contributed by atoms with Crippen molar-refractivity contribution in [3.63, 3.8) is 0 Å². The van der Waals surface area contributed by atoms with Crippen LogP contribution >= 0.6 is 0 Å². The Morgan fingerprint density at radius 3 is 2.64 bits per heavy atom. The van der Waals surface area contributed by atoms with E-state index in [9.17, 15) is 9.59 Å². The number of carbonyl (C=O) groups excluding carboxylic acids is 1. The minimum Gasteiger partial charge on any atom is -0.480 e. The Hall–Kier alpha value is -2.02. The molecule has 156 valence electrons. The van der Waals surface area contributed by atoms with Crippen LogP contribution in [-0.4, -0.2) is 59.1 Å². The van der Waals surface area contributed by atoms with Crippen LogP contribution in [0.25, 0.3) is 0 Å². The molecule has 3 rings (SSSR count). The maximum absolute atomic E-state index is 12.9. The lowest BCUT2D eigenvalue weighted by molar-refractivity contribution is -0.139. The molecular weight excluding hydrogens is 358 g/mol. The SMILES string of the molecule is CCN(CC(=O)O)C1CCN(C(=O)NC2CC(C)(C)Cc3oc(C)cc32)CC1. The predicted molar refractivity (Wildman–Crippen MR) is 106 cm³/mol. The molecule has 1 saturated heterocycles. The Labute approximate surface area is 167 Å². The van der Waals surface area contributed by atoms with Crippen LogP contribution in [-0.2, 0) is 11.2 Å². The summed E-state index contributed by atoms with van der Waals surface area (Å²) in [5.41, 5.74) is 1.19. The van der Waals surface area contributed by atoms with Gasteiger partial charge in [-0.15, -0.1) is 0 Å². The van der Waals surface area contributed by atoms with Crippen LogP contribution in [0.2, 0.25) is 0 Å². The van der Waals surface area contributed by atoms with Crippen molar-refractivity contribution < 1.29 is 19.1 Å². The number of amides is 2. The summed E-state index contributed by atoms with van der Waals surface area (Å²) in [5.74, 6) is 1.08. The Kier molecular flexibility index (Phi) is 6.03. The topological polar surface area (TPSA) is 86.0 Å². The molecule has 7 nitrogen and oxygen atoms in total. The predicted octanol–water partition coefficient (Wildman–Crippen LogP) is 3.18. The van der Waals surface area contributed by atoms with Gasteiger partial charge in [0.25, 0.3) is 0 Å². The van der Waals surface area contributed by atoms with Crippen LogP contribution in [0.1, 0.15) is 63.2 Å². The van der Waals surface area contributed by atoms with Crippen LogP contribution in [0.15, 0.2) is 10.5 Å². The summed E-state index contributed by atoms with van der Waals surface area (Å²) in [5, 5.41) is 12.3. The standard InChI is InChI=1S/C21H33N3O4/c1-5-23(13-19(25)26)15-6-8-24(9-7-15)20(27)22-17-11-21(3,4)12-18-16(17)10-14(2)28-18/h10,15,17H,5-9,11-13H2,1-4H3,(H,22,27)(H,25,26). The van der Waals surface area contributed by atoms with Gasteiger partial charge in [-0.1, -0.05) is 20.8 Å². The van der Waals surface area contributed by atoms with E-state index in [-0.39, 0.29) is 30.1 Å². The van der Waals surface area contributed by atoms with Crippen molar-refractivity contribution in [3.05, 3.63) is 23.2 Å². The number of rotatable bonds is 5. The van der Waals surface area contributed by atoms with Gasteiger partial charge in [0.1, 0.15) is 11.5 Å². The van der Waals surface area contributed by atoms with Gasteiger partial charge in [-0.2, -0.15) is 0 Å². The van der Waals surface area contributed by atoms with Crippen molar-refractivity contribution in [2.24, 2.45) is 5.41 Å². The minimum absolute atomic E-state index is 0.0272. The first-order valence-corrected chi connectivity index (χ1v) is 10.3. The third-order valence-electron chi connectivity index (χ3n) is 6.05. The summed E-state index contributed by atoms with van der Waals surface area (Å²) in [6.07, 6.45) is 3.40. The maximum Gasteiger partial charge on any atom is 0.317 e. The number of nitrogens with one attached hydrogen (secondary N) is 1. The summed E-state index contributed by atoms with van der Waals surface area (Å²) in [7, 11) is 0. The number of likely N-dealkylation sites (N-methyl/N-ethyl adjacent to an activating group) is 1. The van der Waals surface area contributed by atoms with E-state index in [1.165, 1.54) is 0 Å². The van der Waals surface area contributed by atoms with Gasteiger partial charge in [0.2, 0.25) is 0 Å². The van der Waals surface area contributed by atoms with Gasteiger partial charge in [0.15, 0.2) is 0 Å². The van der Waals surface area contributed by atoms with E-state index in [1.54, 1.807) is 0 Å². The zero-order valence-corrected chi connectivity index (χ0v) is 17.5. The number of fused-ring (bicyclic) bond motifs is 1. The van der Waals surface area contributed by atoms with Gasteiger partial charge in [0, 0.05) is 31.1 Å². The van der Waals surface area contributed by atoms with Gasteiger partial charge in [-0.3, -0.25) is 9.69 Å². The largest absolute Gasteiger partial charge is 0.480 e. The molecule has 1 aliphatic carbocycles. The number of nitrogens with zero attached hydrogens (tertiary/aromatic N) is 2. The molecule has 1 fully saturated rings. The highest BCUT2D eigenvalue weighted by Gasteiger charge is 2.36. The third-order valence-corrected chi connectivity index (χ3v) is 6.05. The molecule has 0 saturated carbocycles. The molecule has 1 aliphatic heterocycles. The fraction of sp³-hybridized carbons (Fsp3) is 0.714. The molecule has 0 aromatic carbocycles. The van der Waals surface area contributed by atoms with E-state index in [1.807, 2.05) is 29.7 Å². The number of piperidine rings is 1. The molecule has 1 aromatic rings. The number of aryl methyl sites for hydroxylation is 1. The van der Waals surface area contributed by atoms with E-state index >= 15 is 0 Å².